The van der Waals surface area contributed by atoms with Gasteiger partial charge >= 0.3 is 6.03 Å². The average Bonchev–Trinajstić information content (AvgIpc) is 2.10. The molecule has 0 aromatic rings. The van der Waals surface area contributed by atoms with Gasteiger partial charge in [0.15, 0.2) is 0 Å². The number of amides is 2. The van der Waals surface area contributed by atoms with Gasteiger partial charge in [-0.2, -0.15) is 0 Å². The van der Waals surface area contributed by atoms with Crippen LogP contribution < -0.4 is 10.6 Å². The summed E-state index contributed by atoms with van der Waals surface area (Å²) in [6.45, 7) is 1.98. The number of carbonyl (C=O) groups is 2. The number of ketones is 1. The van der Waals surface area contributed by atoms with Gasteiger partial charge in [0.1, 0.15) is 5.78 Å². The van der Waals surface area contributed by atoms with Gasteiger partial charge in [0.25, 0.3) is 0 Å². The Morgan fingerprint density at radius 2 is 1.92 bits per heavy atom. The van der Waals surface area contributed by atoms with Crippen molar-refractivity contribution in [2.24, 2.45) is 0 Å². The van der Waals surface area contributed by atoms with Gasteiger partial charge in [0.2, 0.25) is 0 Å². The summed E-state index contributed by atoms with van der Waals surface area (Å²) in [7, 11) is 1.59. The van der Waals surface area contributed by atoms with E-state index in [1.807, 2.05) is 6.92 Å². The van der Waals surface area contributed by atoms with Crippen LogP contribution in [0.1, 0.15) is 32.6 Å². The zero-order valence-corrected chi connectivity index (χ0v) is 8.14. The third kappa shape index (κ3) is 2.72. The molecule has 0 bridgehead atoms. The predicted molar refractivity (Wildman–Crippen MR) is 49.5 cm³/mol. The average molecular weight is 184 g/mol. The summed E-state index contributed by atoms with van der Waals surface area (Å²) < 4.78 is 0. The lowest BCUT2D eigenvalue weighted by Crippen LogP contribution is -2.51. The lowest BCUT2D eigenvalue weighted by molar-refractivity contribution is -0.121. The topological polar surface area (TPSA) is 58.2 Å². The van der Waals surface area contributed by atoms with Crippen LogP contribution in [0, 0.1) is 0 Å². The maximum absolute atomic E-state index is 11.1. The van der Waals surface area contributed by atoms with Crippen molar-refractivity contribution in [1.82, 2.24) is 10.6 Å². The second-order valence-corrected chi connectivity index (χ2v) is 3.80. The molecule has 2 N–H and O–H groups in total. The van der Waals surface area contributed by atoms with Gasteiger partial charge < -0.3 is 10.6 Å². The summed E-state index contributed by atoms with van der Waals surface area (Å²) in [4.78, 5) is 22.0. The minimum Gasteiger partial charge on any atom is -0.341 e. The first-order chi connectivity index (χ1) is 6.06. The Bertz CT molecular complexity index is 216. The molecule has 0 aromatic heterocycles. The number of hydrogen-bond donors (Lipinski definition) is 2. The third-order valence-electron chi connectivity index (χ3n) is 2.55. The molecule has 0 aromatic carbocycles. The van der Waals surface area contributed by atoms with Gasteiger partial charge in [0, 0.05) is 25.4 Å². The van der Waals surface area contributed by atoms with Crippen molar-refractivity contribution in [2.45, 2.75) is 38.1 Å². The number of hydrogen-bond acceptors (Lipinski definition) is 2. The molecule has 1 fully saturated rings. The zero-order chi connectivity index (χ0) is 9.90. The molecule has 13 heavy (non-hydrogen) atoms. The van der Waals surface area contributed by atoms with Crippen LogP contribution in [0.15, 0.2) is 0 Å². The van der Waals surface area contributed by atoms with Gasteiger partial charge in [-0.3, -0.25) is 4.79 Å². The van der Waals surface area contributed by atoms with Crippen molar-refractivity contribution in [3.05, 3.63) is 0 Å². The van der Waals surface area contributed by atoms with E-state index in [9.17, 15) is 9.59 Å². The van der Waals surface area contributed by atoms with Crippen LogP contribution >= 0.6 is 0 Å². The van der Waals surface area contributed by atoms with E-state index in [0.29, 0.717) is 18.6 Å². The molecule has 0 atom stereocenters. The number of Topliss-reactive ketones (excluding diaryl/α,β-unsaturated/α-hetero) is 1. The zero-order valence-electron chi connectivity index (χ0n) is 8.14. The molecule has 2 amide bonds. The van der Waals surface area contributed by atoms with Gasteiger partial charge in [-0.1, -0.05) is 0 Å². The van der Waals surface area contributed by atoms with Crippen molar-refractivity contribution < 1.29 is 9.59 Å². The van der Waals surface area contributed by atoms with E-state index in [0.717, 1.165) is 12.8 Å². The monoisotopic (exact) mass is 184 g/mol. The Labute approximate surface area is 78.1 Å². The molecule has 0 saturated heterocycles. The summed E-state index contributed by atoms with van der Waals surface area (Å²) in [6, 6.07) is -0.170. The molecule has 0 aliphatic heterocycles. The number of carbonyl (C=O) groups excluding carboxylic acids is 2. The molecule has 4 heteroatoms. The highest BCUT2D eigenvalue weighted by molar-refractivity contribution is 5.80. The van der Waals surface area contributed by atoms with Crippen LogP contribution in [0.25, 0.3) is 0 Å². The Hall–Kier alpha value is -1.06. The first kappa shape index (κ1) is 10.0. The number of urea groups is 1. The Kier molecular flexibility index (Phi) is 2.90. The fourth-order valence-corrected chi connectivity index (χ4v) is 1.54. The molecule has 1 saturated carbocycles. The highest BCUT2D eigenvalue weighted by atomic mass is 16.2. The smallest absolute Gasteiger partial charge is 0.314 e. The van der Waals surface area contributed by atoms with E-state index in [-0.39, 0.29) is 11.6 Å². The van der Waals surface area contributed by atoms with Gasteiger partial charge in [0.05, 0.1) is 0 Å². The Morgan fingerprint density at radius 3 is 2.38 bits per heavy atom. The van der Waals surface area contributed by atoms with Crippen molar-refractivity contribution in [3.63, 3.8) is 0 Å². The van der Waals surface area contributed by atoms with E-state index >= 15 is 0 Å². The molecule has 1 aliphatic rings. The van der Waals surface area contributed by atoms with E-state index in [2.05, 4.69) is 10.6 Å². The SMILES string of the molecule is CNC(=O)NC1(C)CCC(=O)CC1. The van der Waals surface area contributed by atoms with Crippen LogP contribution in [-0.2, 0) is 4.79 Å². The van der Waals surface area contributed by atoms with Crippen LogP contribution in [-0.4, -0.2) is 24.4 Å². The van der Waals surface area contributed by atoms with Crippen molar-refractivity contribution in [1.29, 1.82) is 0 Å². The molecule has 0 unspecified atom stereocenters. The van der Waals surface area contributed by atoms with Crippen LogP contribution in [0.4, 0.5) is 4.79 Å². The fourth-order valence-electron chi connectivity index (χ4n) is 1.54. The summed E-state index contributed by atoms with van der Waals surface area (Å²) in [5.74, 6) is 0.302. The van der Waals surface area contributed by atoms with Crippen molar-refractivity contribution >= 4 is 11.8 Å². The molecule has 0 spiro atoms. The van der Waals surface area contributed by atoms with Crippen LogP contribution in [0.2, 0.25) is 0 Å². The second-order valence-electron chi connectivity index (χ2n) is 3.80. The van der Waals surface area contributed by atoms with Crippen LogP contribution in [0.5, 0.6) is 0 Å². The molecular weight excluding hydrogens is 168 g/mol. The van der Waals surface area contributed by atoms with E-state index in [1.165, 1.54) is 0 Å². The lowest BCUT2D eigenvalue weighted by Gasteiger charge is -2.33. The molecule has 4 nitrogen and oxygen atoms in total. The van der Waals surface area contributed by atoms with Crippen molar-refractivity contribution in [2.75, 3.05) is 7.05 Å². The molecule has 74 valence electrons. The van der Waals surface area contributed by atoms with E-state index in [4.69, 9.17) is 0 Å². The number of rotatable bonds is 1. The first-order valence-corrected chi connectivity index (χ1v) is 4.57. The first-order valence-electron chi connectivity index (χ1n) is 4.57. The standard InChI is InChI=1S/C9H16N2O2/c1-9(11-8(13)10-2)5-3-7(12)4-6-9/h3-6H2,1-2H3,(H2,10,11,13). The van der Waals surface area contributed by atoms with E-state index in [1.54, 1.807) is 7.05 Å². The normalized spacial score (nSPS) is 20.9. The maximum atomic E-state index is 11.1. The van der Waals surface area contributed by atoms with Crippen molar-refractivity contribution in [3.8, 4) is 0 Å². The second kappa shape index (κ2) is 3.77. The molecule has 0 heterocycles. The Morgan fingerprint density at radius 1 is 1.38 bits per heavy atom. The molecule has 0 radical (unpaired) electrons. The summed E-state index contributed by atoms with van der Waals surface area (Å²) in [5, 5.41) is 5.38. The summed E-state index contributed by atoms with van der Waals surface area (Å²) >= 11 is 0. The maximum Gasteiger partial charge on any atom is 0.314 e. The molecule has 1 rings (SSSR count). The largest absolute Gasteiger partial charge is 0.341 e. The lowest BCUT2D eigenvalue weighted by atomic mass is 9.83. The van der Waals surface area contributed by atoms with Crippen LogP contribution in [0.3, 0.4) is 0 Å². The van der Waals surface area contributed by atoms with E-state index < -0.39 is 0 Å². The molecular formula is C9H16N2O2. The van der Waals surface area contributed by atoms with Gasteiger partial charge in [-0.15, -0.1) is 0 Å². The Balaban J connectivity index is 2.47. The fraction of sp³-hybridized carbons (Fsp3) is 0.778. The minimum atomic E-state index is -0.200. The number of nitrogens with one attached hydrogen (secondary N) is 2. The minimum absolute atomic E-state index is 0.170. The predicted octanol–water partition coefficient (Wildman–Crippen LogP) is 0.817. The summed E-state index contributed by atoms with van der Waals surface area (Å²) in [5.41, 5.74) is -0.200. The highest BCUT2D eigenvalue weighted by Crippen LogP contribution is 2.25. The quantitative estimate of drug-likeness (QED) is 0.633. The summed E-state index contributed by atoms with van der Waals surface area (Å²) in [6.07, 6.45) is 2.67. The highest BCUT2D eigenvalue weighted by Gasteiger charge is 2.31. The van der Waals surface area contributed by atoms with Gasteiger partial charge in [-0.05, 0) is 19.8 Å². The third-order valence-corrected chi connectivity index (χ3v) is 2.55. The van der Waals surface area contributed by atoms with Gasteiger partial charge in [-0.25, -0.2) is 4.79 Å². The molecule has 1 aliphatic carbocycles.